The molecule has 0 fully saturated rings. The molecule has 0 spiro atoms. The third kappa shape index (κ3) is 2.18. The normalized spacial score (nSPS) is 10.9. The topological polar surface area (TPSA) is 14.2 Å². The van der Waals surface area contributed by atoms with Gasteiger partial charge >= 0.3 is 0 Å². The number of aryl methyl sites for hydroxylation is 2. The van der Waals surface area contributed by atoms with E-state index in [9.17, 15) is 0 Å². The second-order valence-electron chi connectivity index (χ2n) is 5.27. The summed E-state index contributed by atoms with van der Waals surface area (Å²) >= 11 is 0. The molecule has 20 heavy (non-hydrogen) atoms. The second-order valence-corrected chi connectivity index (χ2v) is 5.27. The third-order valence-corrected chi connectivity index (χ3v) is 3.81. The van der Waals surface area contributed by atoms with Crippen LogP contribution < -0.4 is 4.74 Å². The van der Waals surface area contributed by atoms with Crippen molar-refractivity contribution in [2.45, 2.75) is 20.4 Å². The van der Waals surface area contributed by atoms with Crippen molar-refractivity contribution >= 4 is 10.9 Å². The Labute approximate surface area is 119 Å². The zero-order chi connectivity index (χ0) is 14.1. The van der Waals surface area contributed by atoms with Gasteiger partial charge < -0.3 is 9.30 Å². The van der Waals surface area contributed by atoms with Crippen LogP contribution in [-0.2, 0) is 6.54 Å². The van der Waals surface area contributed by atoms with E-state index in [4.69, 9.17) is 4.74 Å². The number of ether oxygens (including phenoxy) is 1. The third-order valence-electron chi connectivity index (χ3n) is 3.81. The molecule has 2 aromatic carbocycles. The van der Waals surface area contributed by atoms with Crippen molar-refractivity contribution in [1.82, 2.24) is 4.57 Å². The summed E-state index contributed by atoms with van der Waals surface area (Å²) in [7, 11) is 1.73. The van der Waals surface area contributed by atoms with Crippen molar-refractivity contribution in [1.29, 1.82) is 0 Å². The lowest BCUT2D eigenvalue weighted by molar-refractivity contribution is 0.408. The lowest BCUT2D eigenvalue weighted by Gasteiger charge is -2.11. The Bertz CT molecular complexity index is 755. The molecule has 1 heterocycles. The van der Waals surface area contributed by atoms with Crippen molar-refractivity contribution in [2.75, 3.05) is 7.11 Å². The summed E-state index contributed by atoms with van der Waals surface area (Å²) in [5.41, 5.74) is 5.06. The second kappa shape index (κ2) is 5.04. The van der Waals surface area contributed by atoms with Gasteiger partial charge in [-0.25, -0.2) is 0 Å². The molecule has 2 nitrogen and oxygen atoms in total. The zero-order valence-electron chi connectivity index (χ0n) is 12.2. The molecule has 0 aliphatic rings. The van der Waals surface area contributed by atoms with Gasteiger partial charge in [-0.1, -0.05) is 29.8 Å². The number of hydrogen-bond acceptors (Lipinski definition) is 1. The van der Waals surface area contributed by atoms with Crippen molar-refractivity contribution in [3.05, 3.63) is 65.4 Å². The van der Waals surface area contributed by atoms with Gasteiger partial charge in [-0.3, -0.25) is 0 Å². The minimum Gasteiger partial charge on any atom is -0.496 e. The number of aromatic nitrogens is 1. The molecule has 0 unspecified atom stereocenters. The van der Waals surface area contributed by atoms with Gasteiger partial charge in [-0.05, 0) is 37.6 Å². The molecule has 0 aliphatic carbocycles. The number of hydrogen-bond donors (Lipinski definition) is 0. The first kappa shape index (κ1) is 12.8. The summed E-state index contributed by atoms with van der Waals surface area (Å²) in [5.74, 6) is 0.949. The maximum atomic E-state index is 5.47. The Hall–Kier alpha value is -2.22. The fourth-order valence-electron chi connectivity index (χ4n) is 2.73. The highest BCUT2D eigenvalue weighted by Crippen LogP contribution is 2.24. The fraction of sp³-hybridized carbons (Fsp3) is 0.222. The molecular weight excluding hydrogens is 246 g/mol. The van der Waals surface area contributed by atoms with Crippen LogP contribution in [0.15, 0.2) is 48.7 Å². The van der Waals surface area contributed by atoms with Crippen LogP contribution in [0.3, 0.4) is 0 Å². The minimum absolute atomic E-state index is 0.831. The molecule has 2 heteroatoms. The van der Waals surface area contributed by atoms with Crippen LogP contribution >= 0.6 is 0 Å². The molecule has 0 N–H and O–H groups in total. The lowest BCUT2D eigenvalue weighted by atomic mass is 10.1. The quantitative estimate of drug-likeness (QED) is 0.688. The van der Waals surface area contributed by atoms with E-state index in [1.54, 1.807) is 7.11 Å². The van der Waals surface area contributed by atoms with Crippen LogP contribution in [0, 0.1) is 13.8 Å². The summed E-state index contributed by atoms with van der Waals surface area (Å²) in [4.78, 5) is 0. The van der Waals surface area contributed by atoms with Crippen LogP contribution in [0.5, 0.6) is 5.75 Å². The monoisotopic (exact) mass is 265 g/mol. The number of benzene rings is 2. The van der Waals surface area contributed by atoms with Gasteiger partial charge in [-0.15, -0.1) is 0 Å². The summed E-state index contributed by atoms with van der Waals surface area (Å²) in [6.07, 6.45) is 2.15. The van der Waals surface area contributed by atoms with Crippen LogP contribution in [0.2, 0.25) is 0 Å². The number of methoxy groups -OCH3 is 1. The molecule has 0 bridgehead atoms. The highest BCUT2D eigenvalue weighted by atomic mass is 16.5. The smallest absolute Gasteiger partial charge is 0.123 e. The first-order chi connectivity index (χ1) is 9.69. The molecular formula is C18H19NO. The molecule has 0 atom stereocenters. The van der Waals surface area contributed by atoms with Crippen molar-refractivity contribution in [2.24, 2.45) is 0 Å². The van der Waals surface area contributed by atoms with E-state index in [1.165, 1.54) is 27.6 Å². The molecule has 102 valence electrons. The van der Waals surface area contributed by atoms with Crippen LogP contribution in [-0.4, -0.2) is 11.7 Å². The van der Waals surface area contributed by atoms with Gasteiger partial charge in [0.2, 0.25) is 0 Å². The van der Waals surface area contributed by atoms with E-state index < -0.39 is 0 Å². The maximum Gasteiger partial charge on any atom is 0.123 e. The summed E-state index contributed by atoms with van der Waals surface area (Å²) < 4.78 is 7.75. The van der Waals surface area contributed by atoms with Gasteiger partial charge in [0, 0.05) is 22.7 Å². The van der Waals surface area contributed by atoms with Crippen LogP contribution in [0.4, 0.5) is 0 Å². The van der Waals surface area contributed by atoms with Gasteiger partial charge in [0.1, 0.15) is 5.75 Å². The first-order valence-corrected chi connectivity index (χ1v) is 6.87. The van der Waals surface area contributed by atoms with Crippen LogP contribution in [0.25, 0.3) is 10.9 Å². The Morgan fingerprint density at radius 1 is 1.05 bits per heavy atom. The average molecular weight is 265 g/mol. The largest absolute Gasteiger partial charge is 0.496 e. The average Bonchev–Trinajstić information content (AvgIpc) is 2.84. The zero-order valence-corrected chi connectivity index (χ0v) is 12.2. The Kier molecular flexibility index (Phi) is 3.23. The van der Waals surface area contributed by atoms with Crippen molar-refractivity contribution in [3.63, 3.8) is 0 Å². The van der Waals surface area contributed by atoms with Crippen molar-refractivity contribution in [3.8, 4) is 5.75 Å². The summed E-state index contributed by atoms with van der Waals surface area (Å²) in [6, 6.07) is 14.9. The van der Waals surface area contributed by atoms with Gasteiger partial charge in [0.15, 0.2) is 0 Å². The molecule has 0 saturated carbocycles. The van der Waals surface area contributed by atoms with E-state index in [0.29, 0.717) is 0 Å². The molecule has 1 aromatic heterocycles. The highest BCUT2D eigenvalue weighted by Gasteiger charge is 2.07. The predicted molar refractivity (Wildman–Crippen MR) is 83.5 cm³/mol. The lowest BCUT2D eigenvalue weighted by Crippen LogP contribution is -2.01. The predicted octanol–water partition coefficient (Wildman–Crippen LogP) is 4.32. The summed E-state index contributed by atoms with van der Waals surface area (Å²) in [6.45, 7) is 5.10. The first-order valence-electron chi connectivity index (χ1n) is 6.87. The van der Waals surface area contributed by atoms with Gasteiger partial charge in [0.05, 0.1) is 13.7 Å². The molecule has 0 amide bonds. The highest BCUT2D eigenvalue weighted by molar-refractivity contribution is 5.83. The molecule has 3 aromatic rings. The number of rotatable bonds is 3. The van der Waals surface area contributed by atoms with E-state index in [1.807, 2.05) is 6.07 Å². The molecule has 0 aliphatic heterocycles. The van der Waals surface area contributed by atoms with E-state index in [-0.39, 0.29) is 0 Å². The van der Waals surface area contributed by atoms with E-state index in [0.717, 1.165) is 12.3 Å². The minimum atomic E-state index is 0.831. The maximum absolute atomic E-state index is 5.47. The Balaban J connectivity index is 2.06. The SMILES string of the molecule is COc1ccc(C)cc1Cn1ccc2c(C)cccc21. The Morgan fingerprint density at radius 3 is 2.70 bits per heavy atom. The van der Waals surface area contributed by atoms with Gasteiger partial charge in [-0.2, -0.15) is 0 Å². The summed E-state index contributed by atoms with van der Waals surface area (Å²) in [5, 5.41) is 1.32. The van der Waals surface area contributed by atoms with E-state index >= 15 is 0 Å². The van der Waals surface area contributed by atoms with Crippen molar-refractivity contribution < 1.29 is 4.74 Å². The molecule has 3 rings (SSSR count). The van der Waals surface area contributed by atoms with E-state index in [2.05, 4.69) is 61.0 Å². The molecule has 0 radical (unpaired) electrons. The number of nitrogens with zero attached hydrogens (tertiary/aromatic N) is 1. The van der Waals surface area contributed by atoms with Crippen LogP contribution in [0.1, 0.15) is 16.7 Å². The fourth-order valence-corrected chi connectivity index (χ4v) is 2.73. The Morgan fingerprint density at radius 2 is 1.90 bits per heavy atom. The number of fused-ring (bicyclic) bond motifs is 1. The molecule has 0 saturated heterocycles. The van der Waals surface area contributed by atoms with Gasteiger partial charge in [0.25, 0.3) is 0 Å². The standard InChI is InChI=1S/C18H19NO/c1-13-7-8-18(20-3)15(11-13)12-19-10-9-16-14(2)5-4-6-17(16)19/h4-11H,12H2,1-3H3.